The van der Waals surface area contributed by atoms with Crippen LogP contribution in [0.4, 0.5) is 4.39 Å². The van der Waals surface area contributed by atoms with Crippen LogP contribution in [-0.4, -0.2) is 33.1 Å². The zero-order chi connectivity index (χ0) is 17.7. The Balaban J connectivity index is 1.90. The molecule has 0 spiro atoms. The normalized spacial score (nSPS) is 17.0. The van der Waals surface area contributed by atoms with Crippen molar-refractivity contribution in [3.8, 4) is 0 Å². The molecular weight excluding hydrogens is 359 g/mol. The van der Waals surface area contributed by atoms with Gasteiger partial charge in [0.05, 0.1) is 23.5 Å². The van der Waals surface area contributed by atoms with E-state index in [0.717, 1.165) is 25.7 Å². The maximum Gasteiger partial charge on any atom is 0.252 e. The van der Waals surface area contributed by atoms with Gasteiger partial charge in [-0.2, -0.15) is 0 Å². The van der Waals surface area contributed by atoms with Crippen molar-refractivity contribution in [2.45, 2.75) is 43.6 Å². The average Bonchev–Trinajstić information content (AvgIpc) is 3.02. The number of nitrogens with one attached hydrogen (secondary N) is 1. The first-order valence-corrected chi connectivity index (χ1v) is 9.66. The zero-order valence-corrected chi connectivity index (χ0v) is 14.6. The molecule has 1 aromatic rings. The van der Waals surface area contributed by atoms with Gasteiger partial charge in [0.2, 0.25) is 10.0 Å². The van der Waals surface area contributed by atoms with Crippen LogP contribution in [-0.2, 0) is 25.3 Å². The fraction of sp³-hybridized carbons (Fsp3) is 0.533. The number of rotatable bonds is 7. The summed E-state index contributed by atoms with van der Waals surface area (Å²) < 4.78 is 45.1. The van der Waals surface area contributed by atoms with Gasteiger partial charge < -0.3 is 10.5 Å². The number of sulfonamides is 1. The maximum absolute atomic E-state index is 13.8. The molecule has 3 N–H and O–H groups in total. The predicted octanol–water partition coefficient (Wildman–Crippen LogP) is 1.71. The minimum atomic E-state index is -4.09. The highest BCUT2D eigenvalue weighted by atomic mass is 35.5. The molecule has 0 bridgehead atoms. The number of carbonyl (C=O) groups is 1. The molecule has 0 saturated heterocycles. The highest BCUT2D eigenvalue weighted by Gasteiger charge is 2.24. The van der Waals surface area contributed by atoms with E-state index in [0.29, 0.717) is 0 Å². The molecule has 1 amide bonds. The van der Waals surface area contributed by atoms with Crippen LogP contribution in [0.15, 0.2) is 18.2 Å². The lowest BCUT2D eigenvalue weighted by Gasteiger charge is -2.16. The van der Waals surface area contributed by atoms with E-state index in [1.165, 1.54) is 18.2 Å². The van der Waals surface area contributed by atoms with Crippen molar-refractivity contribution in [3.05, 3.63) is 34.6 Å². The summed E-state index contributed by atoms with van der Waals surface area (Å²) in [5.74, 6) is -2.41. The smallest absolute Gasteiger partial charge is 0.252 e. The number of ether oxygens (including phenoxy) is 1. The zero-order valence-electron chi connectivity index (χ0n) is 13.0. The molecule has 0 aliphatic heterocycles. The Morgan fingerprint density at radius 1 is 1.42 bits per heavy atom. The SMILES string of the molecule is N[C@@H](COC1CCCC1)C(=O)NS(=O)(=O)Cc1cccc(Cl)c1F. The Bertz CT molecular complexity index is 693. The molecule has 0 aromatic heterocycles. The molecule has 1 atom stereocenters. The molecule has 134 valence electrons. The van der Waals surface area contributed by atoms with E-state index in [1.807, 2.05) is 4.72 Å². The van der Waals surface area contributed by atoms with Crippen molar-refractivity contribution < 1.29 is 22.3 Å². The molecule has 1 aliphatic rings. The maximum atomic E-state index is 13.8. The van der Waals surface area contributed by atoms with Gasteiger partial charge in [-0.25, -0.2) is 12.8 Å². The average molecular weight is 379 g/mol. The van der Waals surface area contributed by atoms with Gasteiger partial charge >= 0.3 is 0 Å². The first-order chi connectivity index (χ1) is 11.3. The van der Waals surface area contributed by atoms with Gasteiger partial charge in [-0.15, -0.1) is 0 Å². The van der Waals surface area contributed by atoms with E-state index in [2.05, 4.69) is 0 Å². The highest BCUT2D eigenvalue weighted by Crippen LogP contribution is 2.21. The summed E-state index contributed by atoms with van der Waals surface area (Å²) in [6, 6.07) is 2.92. The topological polar surface area (TPSA) is 98.5 Å². The Hall–Kier alpha value is -1.22. The Morgan fingerprint density at radius 3 is 2.75 bits per heavy atom. The molecule has 2 rings (SSSR count). The molecule has 1 aliphatic carbocycles. The predicted molar refractivity (Wildman–Crippen MR) is 88.4 cm³/mol. The highest BCUT2D eigenvalue weighted by molar-refractivity contribution is 7.89. The fourth-order valence-corrected chi connectivity index (χ4v) is 3.86. The van der Waals surface area contributed by atoms with E-state index < -0.39 is 33.5 Å². The van der Waals surface area contributed by atoms with Crippen LogP contribution in [0.25, 0.3) is 0 Å². The lowest BCUT2D eigenvalue weighted by molar-refractivity contribution is -0.122. The third-order valence-electron chi connectivity index (χ3n) is 3.78. The summed E-state index contributed by atoms with van der Waals surface area (Å²) in [4.78, 5) is 11.9. The summed E-state index contributed by atoms with van der Waals surface area (Å²) in [6.45, 7) is -0.0580. The largest absolute Gasteiger partial charge is 0.376 e. The summed E-state index contributed by atoms with van der Waals surface area (Å²) in [5, 5.41) is -0.185. The van der Waals surface area contributed by atoms with Crippen LogP contribution in [0.2, 0.25) is 5.02 Å². The van der Waals surface area contributed by atoms with Crippen LogP contribution in [0.1, 0.15) is 31.2 Å². The summed E-state index contributed by atoms with van der Waals surface area (Å²) >= 11 is 5.61. The Kier molecular flexibility index (Phi) is 6.56. The molecule has 1 aromatic carbocycles. The molecule has 0 unspecified atom stereocenters. The number of hydrogen-bond donors (Lipinski definition) is 2. The molecule has 0 radical (unpaired) electrons. The lowest BCUT2D eigenvalue weighted by atomic mass is 10.2. The number of benzene rings is 1. The first kappa shape index (κ1) is 19.1. The van der Waals surface area contributed by atoms with Crippen molar-refractivity contribution in [1.82, 2.24) is 4.72 Å². The van der Waals surface area contributed by atoms with E-state index in [-0.39, 0.29) is 23.3 Å². The van der Waals surface area contributed by atoms with E-state index in [1.54, 1.807) is 0 Å². The monoisotopic (exact) mass is 378 g/mol. The minimum absolute atomic E-state index is 0.0580. The van der Waals surface area contributed by atoms with Crippen molar-refractivity contribution in [2.24, 2.45) is 5.73 Å². The minimum Gasteiger partial charge on any atom is -0.376 e. The standard InChI is InChI=1S/C15H20ClFN2O4S/c16-12-7-3-4-10(14(12)17)9-24(21,22)19-15(20)13(18)8-23-11-5-1-2-6-11/h3-4,7,11,13H,1-2,5-6,8-9,18H2,(H,19,20)/t13-/m0/s1. The first-order valence-electron chi connectivity index (χ1n) is 7.63. The second kappa shape index (κ2) is 8.24. The van der Waals surface area contributed by atoms with Crippen LogP contribution in [0, 0.1) is 5.82 Å². The Morgan fingerprint density at radius 2 is 2.08 bits per heavy atom. The van der Waals surface area contributed by atoms with E-state index >= 15 is 0 Å². The van der Waals surface area contributed by atoms with Crippen molar-refractivity contribution in [1.29, 1.82) is 0 Å². The molecule has 0 heterocycles. The van der Waals surface area contributed by atoms with Crippen molar-refractivity contribution in [2.75, 3.05) is 6.61 Å². The number of carbonyl (C=O) groups excluding carboxylic acids is 1. The molecule has 24 heavy (non-hydrogen) atoms. The number of halogens is 2. The summed E-state index contributed by atoms with van der Waals surface area (Å²) in [6.07, 6.45) is 4.06. The third kappa shape index (κ3) is 5.41. The number of nitrogens with two attached hydrogens (primary N) is 1. The van der Waals surface area contributed by atoms with Gasteiger partial charge in [0.1, 0.15) is 11.9 Å². The number of hydrogen-bond acceptors (Lipinski definition) is 5. The summed E-state index contributed by atoms with van der Waals surface area (Å²) in [5.41, 5.74) is 5.53. The lowest BCUT2D eigenvalue weighted by Crippen LogP contribution is -2.46. The van der Waals surface area contributed by atoms with Gasteiger partial charge in [-0.3, -0.25) is 9.52 Å². The van der Waals surface area contributed by atoms with Gasteiger partial charge in [0, 0.05) is 5.56 Å². The molecular formula is C15H20ClFN2O4S. The van der Waals surface area contributed by atoms with Crippen LogP contribution >= 0.6 is 11.6 Å². The van der Waals surface area contributed by atoms with Gasteiger partial charge in [-0.05, 0) is 18.9 Å². The second-order valence-electron chi connectivity index (χ2n) is 5.78. The van der Waals surface area contributed by atoms with Crippen LogP contribution < -0.4 is 10.5 Å². The molecule has 9 heteroatoms. The fourth-order valence-electron chi connectivity index (χ4n) is 2.50. The van der Waals surface area contributed by atoms with Crippen LogP contribution in [0.3, 0.4) is 0 Å². The number of amides is 1. The van der Waals surface area contributed by atoms with Gasteiger partial charge in [0.15, 0.2) is 0 Å². The van der Waals surface area contributed by atoms with Crippen molar-refractivity contribution in [3.63, 3.8) is 0 Å². The quantitative estimate of drug-likeness (QED) is 0.752. The Labute approximate surface area is 145 Å². The van der Waals surface area contributed by atoms with E-state index in [4.69, 9.17) is 22.1 Å². The molecule has 1 saturated carbocycles. The van der Waals surface area contributed by atoms with E-state index in [9.17, 15) is 17.6 Å². The van der Waals surface area contributed by atoms with Gasteiger partial charge in [0.25, 0.3) is 5.91 Å². The van der Waals surface area contributed by atoms with Crippen LogP contribution in [0.5, 0.6) is 0 Å². The summed E-state index contributed by atoms with van der Waals surface area (Å²) in [7, 11) is -4.09. The third-order valence-corrected chi connectivity index (χ3v) is 5.28. The van der Waals surface area contributed by atoms with Crippen molar-refractivity contribution >= 4 is 27.5 Å². The molecule has 6 nitrogen and oxygen atoms in total. The van der Waals surface area contributed by atoms with Gasteiger partial charge in [-0.1, -0.05) is 36.6 Å². The second-order valence-corrected chi connectivity index (χ2v) is 7.91. The molecule has 1 fully saturated rings.